The van der Waals surface area contributed by atoms with Crippen LogP contribution in [0, 0.1) is 29.6 Å². The Balaban J connectivity index is 1.86. The number of aromatic hydroxyl groups is 2. The number of ether oxygens (including phenoxy) is 1. The van der Waals surface area contributed by atoms with Crippen LogP contribution in [0.5, 0.6) is 11.5 Å². The standard InChI is InChI=1S/C33H41NO6/c1-7-8-24-25-15-19(2)9-14-23(25)20(3)16-26(24)30(37)29-31(38)27(21-10-12-22(35)13-11-21)17-34(32(29)39)18-28(36)40-33(4,5)6/h7-8,10-13,16-17,19,23-26,35,38H,9,14-15,18H2,1-6H3/b8-7+/t19-,23+,24+,25-,26+/m0/s1. The van der Waals surface area contributed by atoms with E-state index >= 15 is 0 Å². The first-order valence-electron chi connectivity index (χ1n) is 14.1. The van der Waals surface area contributed by atoms with E-state index in [9.17, 15) is 24.6 Å². The lowest BCUT2D eigenvalue weighted by atomic mass is 9.59. The highest BCUT2D eigenvalue weighted by atomic mass is 16.6. The number of esters is 1. The minimum absolute atomic E-state index is 0.0369. The minimum atomic E-state index is -0.756. The molecule has 5 atom stereocenters. The van der Waals surface area contributed by atoms with Crippen molar-refractivity contribution in [3.8, 4) is 22.6 Å². The van der Waals surface area contributed by atoms with Gasteiger partial charge in [0.2, 0.25) is 0 Å². The van der Waals surface area contributed by atoms with Crippen LogP contribution in [-0.4, -0.2) is 32.1 Å². The van der Waals surface area contributed by atoms with Gasteiger partial charge in [-0.1, -0.05) is 49.3 Å². The van der Waals surface area contributed by atoms with Crippen molar-refractivity contribution in [2.75, 3.05) is 0 Å². The number of phenols is 1. The quantitative estimate of drug-likeness (QED) is 0.251. The van der Waals surface area contributed by atoms with Crippen molar-refractivity contribution in [2.45, 2.75) is 73.0 Å². The molecule has 1 heterocycles. The Hall–Kier alpha value is -3.61. The average molecular weight is 548 g/mol. The Morgan fingerprint density at radius 2 is 1.80 bits per heavy atom. The maximum atomic E-state index is 14.3. The third kappa shape index (κ3) is 6.08. The predicted molar refractivity (Wildman–Crippen MR) is 155 cm³/mol. The minimum Gasteiger partial charge on any atom is -0.508 e. The van der Waals surface area contributed by atoms with E-state index in [0.29, 0.717) is 17.4 Å². The zero-order valence-corrected chi connectivity index (χ0v) is 24.3. The molecule has 4 rings (SSSR count). The van der Waals surface area contributed by atoms with Crippen molar-refractivity contribution in [3.63, 3.8) is 0 Å². The number of aromatic nitrogens is 1. The molecular weight excluding hydrogens is 506 g/mol. The first-order valence-corrected chi connectivity index (χ1v) is 14.1. The number of hydrogen-bond donors (Lipinski definition) is 2. The van der Waals surface area contributed by atoms with E-state index in [1.165, 1.54) is 18.3 Å². The van der Waals surface area contributed by atoms with Crippen LogP contribution >= 0.6 is 0 Å². The summed E-state index contributed by atoms with van der Waals surface area (Å²) in [6.45, 7) is 11.0. The first-order chi connectivity index (χ1) is 18.8. The van der Waals surface area contributed by atoms with Gasteiger partial charge in [-0.15, -0.1) is 0 Å². The molecule has 1 aromatic carbocycles. The Labute approximate surface area is 236 Å². The molecule has 2 N–H and O–H groups in total. The molecule has 7 nitrogen and oxygen atoms in total. The van der Waals surface area contributed by atoms with Crippen LogP contribution in [0.15, 0.2) is 59.1 Å². The van der Waals surface area contributed by atoms with E-state index in [4.69, 9.17) is 4.74 Å². The zero-order chi connectivity index (χ0) is 29.4. The highest BCUT2D eigenvalue weighted by Gasteiger charge is 2.44. The molecule has 1 fully saturated rings. The monoisotopic (exact) mass is 547 g/mol. The van der Waals surface area contributed by atoms with Gasteiger partial charge in [0, 0.05) is 17.7 Å². The third-order valence-electron chi connectivity index (χ3n) is 8.21. The molecule has 1 aromatic heterocycles. The van der Waals surface area contributed by atoms with Crippen molar-refractivity contribution < 1.29 is 24.5 Å². The van der Waals surface area contributed by atoms with E-state index in [2.05, 4.69) is 19.9 Å². The molecular formula is C33H41NO6. The molecule has 0 unspecified atom stereocenters. The topological polar surface area (TPSA) is 106 Å². The van der Waals surface area contributed by atoms with Crippen LogP contribution in [-0.2, 0) is 16.1 Å². The number of ketones is 1. The number of rotatable bonds is 6. The number of nitrogens with zero attached hydrogens (tertiary/aromatic N) is 1. The van der Waals surface area contributed by atoms with Gasteiger partial charge in [0.25, 0.3) is 5.56 Å². The molecule has 2 aliphatic carbocycles. The van der Waals surface area contributed by atoms with E-state index in [0.717, 1.165) is 29.4 Å². The van der Waals surface area contributed by atoms with Gasteiger partial charge in [0.1, 0.15) is 29.2 Å². The molecule has 0 aliphatic heterocycles. The lowest BCUT2D eigenvalue weighted by Crippen LogP contribution is -2.41. The smallest absolute Gasteiger partial charge is 0.326 e. The van der Waals surface area contributed by atoms with Crippen LogP contribution in [0.2, 0.25) is 0 Å². The third-order valence-corrected chi connectivity index (χ3v) is 8.21. The lowest BCUT2D eigenvalue weighted by molar-refractivity contribution is -0.155. The molecule has 0 radical (unpaired) electrons. The summed E-state index contributed by atoms with van der Waals surface area (Å²) in [5, 5.41) is 21.2. The summed E-state index contributed by atoms with van der Waals surface area (Å²) in [5.41, 5.74) is 0.0339. The molecule has 0 amide bonds. The van der Waals surface area contributed by atoms with Crippen LogP contribution < -0.4 is 5.56 Å². The lowest BCUT2D eigenvalue weighted by Gasteiger charge is -2.45. The van der Waals surface area contributed by atoms with Crippen LogP contribution in [0.25, 0.3) is 11.1 Å². The van der Waals surface area contributed by atoms with Crippen LogP contribution in [0.1, 0.15) is 71.2 Å². The molecule has 40 heavy (non-hydrogen) atoms. The summed E-state index contributed by atoms with van der Waals surface area (Å²) in [4.78, 5) is 40.8. The summed E-state index contributed by atoms with van der Waals surface area (Å²) < 4.78 is 6.58. The van der Waals surface area contributed by atoms with Gasteiger partial charge in [-0.25, -0.2) is 0 Å². The molecule has 2 aromatic rings. The predicted octanol–water partition coefficient (Wildman–Crippen LogP) is 6.27. The number of hydrogen-bond acceptors (Lipinski definition) is 6. The summed E-state index contributed by atoms with van der Waals surface area (Å²) in [6.07, 6.45) is 10.6. The van der Waals surface area contributed by atoms with E-state index in [1.54, 1.807) is 32.9 Å². The van der Waals surface area contributed by atoms with Gasteiger partial charge in [-0.05, 0) is 88.8 Å². The number of allylic oxidation sites excluding steroid dienone is 4. The first kappa shape index (κ1) is 29.4. The van der Waals surface area contributed by atoms with E-state index < -0.39 is 41.1 Å². The second kappa shape index (κ2) is 11.5. The SMILES string of the molecule is C/C=C/[C@@H]1[C@H]2C[C@@H](C)CC[C@@H]2C(C)=C[C@H]1C(=O)c1c(O)c(-c2ccc(O)cc2)cn(CC(=O)OC(C)(C)C)c1=O. The van der Waals surface area contributed by atoms with Gasteiger partial charge >= 0.3 is 5.97 Å². The second-order valence-corrected chi connectivity index (χ2v) is 12.4. The zero-order valence-electron chi connectivity index (χ0n) is 24.3. The van der Waals surface area contributed by atoms with Crippen molar-refractivity contribution in [2.24, 2.45) is 29.6 Å². The van der Waals surface area contributed by atoms with E-state index in [-0.39, 0.29) is 28.7 Å². The molecule has 0 spiro atoms. The van der Waals surface area contributed by atoms with Crippen molar-refractivity contribution in [3.05, 3.63) is 70.2 Å². The normalized spacial score (nSPS) is 24.9. The van der Waals surface area contributed by atoms with Gasteiger partial charge < -0.3 is 19.5 Å². The highest BCUT2D eigenvalue weighted by Crippen LogP contribution is 2.49. The molecule has 7 heteroatoms. The van der Waals surface area contributed by atoms with Gasteiger partial charge in [-0.2, -0.15) is 0 Å². The Morgan fingerprint density at radius 1 is 1.12 bits per heavy atom. The highest BCUT2D eigenvalue weighted by molar-refractivity contribution is 6.03. The number of pyridine rings is 1. The maximum absolute atomic E-state index is 14.3. The molecule has 214 valence electrons. The fraction of sp³-hybridized carbons (Fsp3) is 0.485. The maximum Gasteiger partial charge on any atom is 0.326 e. The molecule has 0 saturated heterocycles. The summed E-state index contributed by atoms with van der Waals surface area (Å²) in [5.74, 6) is -0.994. The van der Waals surface area contributed by atoms with E-state index in [1.807, 2.05) is 19.1 Å². The number of carbonyl (C=O) groups is 2. The largest absolute Gasteiger partial charge is 0.508 e. The van der Waals surface area contributed by atoms with Gasteiger partial charge in [-0.3, -0.25) is 14.4 Å². The average Bonchev–Trinajstić information content (AvgIpc) is 2.86. The fourth-order valence-corrected chi connectivity index (χ4v) is 6.46. The molecule has 2 aliphatic rings. The number of Topliss-reactive ketones (excluding diaryl/α,β-unsaturated/α-hetero) is 1. The van der Waals surface area contributed by atoms with Crippen LogP contribution in [0.4, 0.5) is 0 Å². The fourth-order valence-electron chi connectivity index (χ4n) is 6.46. The number of fused-ring (bicyclic) bond motifs is 1. The van der Waals surface area contributed by atoms with Gasteiger partial charge in [0.15, 0.2) is 5.78 Å². The summed E-state index contributed by atoms with van der Waals surface area (Å²) in [6, 6.07) is 6.09. The summed E-state index contributed by atoms with van der Waals surface area (Å²) in [7, 11) is 0. The van der Waals surface area contributed by atoms with Crippen molar-refractivity contribution in [1.82, 2.24) is 4.57 Å². The second-order valence-electron chi connectivity index (χ2n) is 12.4. The van der Waals surface area contributed by atoms with Crippen LogP contribution in [0.3, 0.4) is 0 Å². The van der Waals surface area contributed by atoms with Crippen molar-refractivity contribution in [1.29, 1.82) is 0 Å². The number of benzene rings is 1. The Morgan fingerprint density at radius 3 is 2.42 bits per heavy atom. The number of phenolic OH excluding ortho intramolecular Hbond substituents is 1. The summed E-state index contributed by atoms with van der Waals surface area (Å²) >= 11 is 0. The number of carbonyl (C=O) groups excluding carboxylic acids is 2. The Kier molecular flexibility index (Phi) is 8.43. The Bertz CT molecular complexity index is 1390. The molecule has 0 bridgehead atoms. The molecule has 1 saturated carbocycles. The van der Waals surface area contributed by atoms with Crippen molar-refractivity contribution >= 4 is 11.8 Å². The van der Waals surface area contributed by atoms with Gasteiger partial charge in [0.05, 0.1) is 0 Å².